The van der Waals surface area contributed by atoms with Gasteiger partial charge >= 0.3 is 6.09 Å². The van der Waals surface area contributed by atoms with Crippen LogP contribution in [-0.2, 0) is 4.74 Å². The van der Waals surface area contributed by atoms with Crippen LogP contribution in [-0.4, -0.2) is 66.4 Å². The molecule has 1 fully saturated rings. The van der Waals surface area contributed by atoms with E-state index >= 15 is 0 Å². The molecule has 0 aromatic heterocycles. The first-order valence-electron chi connectivity index (χ1n) is 7.59. The molecule has 0 atom stereocenters. The molecule has 1 amide bonds. The zero-order chi connectivity index (χ0) is 15.2. The molecule has 0 aliphatic carbocycles. The summed E-state index contributed by atoms with van der Waals surface area (Å²) < 4.78 is 5.33. The van der Waals surface area contributed by atoms with Crippen LogP contribution in [0.4, 0.5) is 4.79 Å². The van der Waals surface area contributed by atoms with Gasteiger partial charge in [0.2, 0.25) is 0 Å². The second kappa shape index (κ2) is 7.84. The number of carbonyl (C=O) groups is 1. The molecule has 20 heavy (non-hydrogen) atoms. The molecule has 0 aromatic carbocycles. The first kappa shape index (κ1) is 17.2. The Morgan fingerprint density at radius 2 is 1.95 bits per heavy atom. The number of nitrogens with zero attached hydrogens (tertiary/aromatic N) is 2. The standard InChI is InChI=1S/C15H30N2O3/c1-15(2,3)20-14(19)16(4)10-11-17-8-5-13(6-9-17)7-12-18/h13,18H,5-12H2,1-4H3. The van der Waals surface area contributed by atoms with Gasteiger partial charge in [-0.05, 0) is 59.0 Å². The van der Waals surface area contributed by atoms with Crippen molar-refractivity contribution < 1.29 is 14.6 Å². The van der Waals surface area contributed by atoms with Crippen LogP contribution in [0.2, 0.25) is 0 Å². The summed E-state index contributed by atoms with van der Waals surface area (Å²) in [7, 11) is 1.78. The molecule has 118 valence electrons. The average molecular weight is 286 g/mol. The van der Waals surface area contributed by atoms with Crippen molar-refractivity contribution in [3.05, 3.63) is 0 Å². The van der Waals surface area contributed by atoms with Gasteiger partial charge in [-0.3, -0.25) is 0 Å². The smallest absolute Gasteiger partial charge is 0.410 e. The van der Waals surface area contributed by atoms with Crippen molar-refractivity contribution in [1.82, 2.24) is 9.80 Å². The van der Waals surface area contributed by atoms with Crippen molar-refractivity contribution in [3.63, 3.8) is 0 Å². The lowest BCUT2D eigenvalue weighted by atomic mass is 9.94. The number of amides is 1. The monoisotopic (exact) mass is 286 g/mol. The number of carbonyl (C=O) groups excluding carboxylic acids is 1. The van der Waals surface area contributed by atoms with Gasteiger partial charge in [-0.1, -0.05) is 0 Å². The van der Waals surface area contributed by atoms with E-state index in [0.717, 1.165) is 38.9 Å². The van der Waals surface area contributed by atoms with Gasteiger partial charge in [-0.2, -0.15) is 0 Å². The highest BCUT2D eigenvalue weighted by atomic mass is 16.6. The lowest BCUT2D eigenvalue weighted by molar-refractivity contribution is 0.0275. The molecule has 1 saturated heterocycles. The summed E-state index contributed by atoms with van der Waals surface area (Å²) in [4.78, 5) is 15.9. The number of aliphatic hydroxyl groups is 1. The predicted octanol–water partition coefficient (Wildman–Crippen LogP) is 1.95. The van der Waals surface area contributed by atoms with E-state index in [4.69, 9.17) is 9.84 Å². The van der Waals surface area contributed by atoms with E-state index in [0.29, 0.717) is 19.1 Å². The highest BCUT2D eigenvalue weighted by Crippen LogP contribution is 2.19. The Morgan fingerprint density at radius 3 is 2.45 bits per heavy atom. The van der Waals surface area contributed by atoms with E-state index < -0.39 is 5.60 Å². The SMILES string of the molecule is CN(CCN1CCC(CCO)CC1)C(=O)OC(C)(C)C. The number of hydrogen-bond donors (Lipinski definition) is 1. The van der Waals surface area contributed by atoms with Crippen LogP contribution < -0.4 is 0 Å². The minimum absolute atomic E-state index is 0.257. The second-order valence-electron chi connectivity index (χ2n) is 6.70. The minimum atomic E-state index is -0.437. The molecule has 0 bridgehead atoms. The molecule has 0 aromatic rings. The van der Waals surface area contributed by atoms with Crippen LogP contribution in [0, 0.1) is 5.92 Å². The maximum Gasteiger partial charge on any atom is 0.410 e. The third-order valence-electron chi connectivity index (χ3n) is 3.70. The first-order valence-corrected chi connectivity index (χ1v) is 7.59. The van der Waals surface area contributed by atoms with E-state index in [9.17, 15) is 4.79 Å². The number of aliphatic hydroxyl groups excluding tert-OH is 1. The van der Waals surface area contributed by atoms with Gasteiger partial charge in [0, 0.05) is 26.7 Å². The maximum atomic E-state index is 11.8. The topological polar surface area (TPSA) is 53.0 Å². The third-order valence-corrected chi connectivity index (χ3v) is 3.70. The van der Waals surface area contributed by atoms with Gasteiger partial charge in [-0.15, -0.1) is 0 Å². The molecule has 0 spiro atoms. The second-order valence-corrected chi connectivity index (χ2v) is 6.70. The summed E-state index contributed by atoms with van der Waals surface area (Å²) in [6, 6.07) is 0. The fourth-order valence-electron chi connectivity index (χ4n) is 2.40. The molecular formula is C15H30N2O3. The number of hydrogen-bond acceptors (Lipinski definition) is 4. The van der Waals surface area contributed by atoms with Crippen molar-refractivity contribution in [2.75, 3.05) is 39.8 Å². The summed E-state index contributed by atoms with van der Waals surface area (Å²) in [6.45, 7) is 9.65. The van der Waals surface area contributed by atoms with Gasteiger partial charge in [-0.25, -0.2) is 4.79 Å². The van der Waals surface area contributed by atoms with Crippen LogP contribution in [0.1, 0.15) is 40.0 Å². The highest BCUT2D eigenvalue weighted by Gasteiger charge is 2.22. The van der Waals surface area contributed by atoms with Crippen LogP contribution in [0.5, 0.6) is 0 Å². The third kappa shape index (κ3) is 6.57. The number of rotatable bonds is 5. The molecule has 1 aliphatic rings. The lowest BCUT2D eigenvalue weighted by Gasteiger charge is -2.33. The van der Waals surface area contributed by atoms with E-state index in [1.54, 1.807) is 11.9 Å². The Hall–Kier alpha value is -0.810. The first-order chi connectivity index (χ1) is 9.31. The summed E-state index contributed by atoms with van der Waals surface area (Å²) in [5.41, 5.74) is -0.437. The molecule has 1 rings (SSSR count). The molecular weight excluding hydrogens is 256 g/mol. The minimum Gasteiger partial charge on any atom is -0.444 e. The summed E-state index contributed by atoms with van der Waals surface area (Å²) >= 11 is 0. The zero-order valence-corrected chi connectivity index (χ0v) is 13.4. The van der Waals surface area contributed by atoms with E-state index in [1.165, 1.54) is 0 Å². The molecule has 1 N–H and O–H groups in total. The quantitative estimate of drug-likeness (QED) is 0.839. The fraction of sp³-hybridized carbons (Fsp3) is 0.933. The van der Waals surface area contributed by atoms with Gasteiger partial charge in [0.1, 0.15) is 5.60 Å². The Kier molecular flexibility index (Phi) is 6.76. The van der Waals surface area contributed by atoms with Crippen molar-refractivity contribution in [3.8, 4) is 0 Å². The summed E-state index contributed by atoms with van der Waals surface area (Å²) in [5, 5.41) is 8.94. The Balaban J connectivity index is 2.22. The molecule has 5 nitrogen and oxygen atoms in total. The number of ether oxygens (including phenoxy) is 1. The van der Waals surface area contributed by atoms with E-state index in [2.05, 4.69) is 4.90 Å². The normalized spacial score (nSPS) is 18.1. The molecule has 0 radical (unpaired) electrons. The molecule has 0 saturated carbocycles. The van der Waals surface area contributed by atoms with Crippen LogP contribution in [0.3, 0.4) is 0 Å². The number of likely N-dealkylation sites (tertiary alicyclic amines) is 1. The number of piperidine rings is 1. The van der Waals surface area contributed by atoms with Crippen LogP contribution in [0.25, 0.3) is 0 Å². The largest absolute Gasteiger partial charge is 0.444 e. The Labute approximate surface area is 122 Å². The predicted molar refractivity (Wildman–Crippen MR) is 79.7 cm³/mol. The van der Waals surface area contributed by atoms with Crippen molar-refractivity contribution in [2.45, 2.75) is 45.6 Å². The highest BCUT2D eigenvalue weighted by molar-refractivity contribution is 5.67. The number of likely N-dealkylation sites (N-methyl/N-ethyl adjacent to an activating group) is 1. The van der Waals surface area contributed by atoms with Gasteiger partial charge in [0.15, 0.2) is 0 Å². The van der Waals surface area contributed by atoms with Crippen molar-refractivity contribution in [2.24, 2.45) is 5.92 Å². The summed E-state index contributed by atoms with van der Waals surface area (Å²) in [6.07, 6.45) is 2.96. The van der Waals surface area contributed by atoms with Crippen molar-refractivity contribution in [1.29, 1.82) is 0 Å². The van der Waals surface area contributed by atoms with E-state index in [-0.39, 0.29) is 6.09 Å². The zero-order valence-electron chi connectivity index (χ0n) is 13.4. The molecule has 1 heterocycles. The van der Waals surface area contributed by atoms with Gasteiger partial charge in [0.05, 0.1) is 0 Å². The fourth-order valence-corrected chi connectivity index (χ4v) is 2.40. The van der Waals surface area contributed by atoms with Gasteiger partial charge < -0.3 is 19.6 Å². The lowest BCUT2D eigenvalue weighted by Crippen LogP contribution is -2.41. The van der Waals surface area contributed by atoms with Crippen molar-refractivity contribution >= 4 is 6.09 Å². The van der Waals surface area contributed by atoms with Crippen LogP contribution >= 0.6 is 0 Å². The van der Waals surface area contributed by atoms with Gasteiger partial charge in [0.25, 0.3) is 0 Å². The van der Waals surface area contributed by atoms with Crippen LogP contribution in [0.15, 0.2) is 0 Å². The molecule has 0 unspecified atom stereocenters. The maximum absolute atomic E-state index is 11.8. The Morgan fingerprint density at radius 1 is 1.35 bits per heavy atom. The molecule has 5 heteroatoms. The Bertz CT molecular complexity index is 294. The molecule has 1 aliphatic heterocycles. The van der Waals surface area contributed by atoms with E-state index in [1.807, 2.05) is 20.8 Å². The summed E-state index contributed by atoms with van der Waals surface area (Å²) in [5.74, 6) is 0.667. The average Bonchev–Trinajstić information content (AvgIpc) is 2.36.